The lowest BCUT2D eigenvalue weighted by Gasteiger charge is -1.90. The van der Waals surface area contributed by atoms with Crippen molar-refractivity contribution in [3.63, 3.8) is 0 Å². The third-order valence-electron chi connectivity index (χ3n) is 2.11. The molecule has 0 spiro atoms. The van der Waals surface area contributed by atoms with Gasteiger partial charge in [0.1, 0.15) is 0 Å². The van der Waals surface area contributed by atoms with Crippen LogP contribution >= 0.6 is 0 Å². The minimum absolute atomic E-state index is 0.0150. The molecule has 60 valence electrons. The Labute approximate surface area is 70.6 Å². The second-order valence-electron chi connectivity index (χ2n) is 2.96. The van der Waals surface area contributed by atoms with Crippen molar-refractivity contribution in [3.8, 4) is 12.3 Å². The Morgan fingerprint density at radius 1 is 1.75 bits per heavy atom. The first-order valence-electron chi connectivity index (χ1n) is 3.87. The van der Waals surface area contributed by atoms with Gasteiger partial charge < -0.3 is 4.42 Å². The number of rotatable bonds is 2. The monoisotopic (exact) mass is 160 g/mol. The van der Waals surface area contributed by atoms with Crippen LogP contribution in [0.5, 0.6) is 0 Å². The molecule has 2 rings (SSSR count). The SMILES string of the molecule is C#C[C@H]1C[C@H]1C(=O)c1ccco1. The Bertz CT molecular complexity index is 329. The van der Waals surface area contributed by atoms with Crippen LogP contribution in [0.3, 0.4) is 0 Å². The molecule has 1 aliphatic carbocycles. The largest absolute Gasteiger partial charge is 0.461 e. The van der Waals surface area contributed by atoms with E-state index >= 15 is 0 Å². The molecule has 1 aliphatic rings. The molecule has 0 aliphatic heterocycles. The summed E-state index contributed by atoms with van der Waals surface area (Å²) in [6, 6.07) is 3.38. The average molecular weight is 160 g/mol. The predicted molar refractivity (Wildman–Crippen MR) is 43.5 cm³/mol. The van der Waals surface area contributed by atoms with Crippen LogP contribution in [0.2, 0.25) is 0 Å². The molecule has 2 heteroatoms. The molecule has 1 aromatic rings. The maximum absolute atomic E-state index is 11.4. The highest BCUT2D eigenvalue weighted by Gasteiger charge is 2.42. The molecular formula is C10H8O2. The van der Waals surface area contributed by atoms with Gasteiger partial charge in [-0.2, -0.15) is 0 Å². The average Bonchev–Trinajstić information content (AvgIpc) is 2.68. The standard InChI is InChI=1S/C10H8O2/c1-2-7-6-8(7)10(11)9-4-3-5-12-9/h1,3-5,7-8H,6H2/t7-,8+/m0/s1. The Hall–Kier alpha value is -1.49. The molecule has 12 heavy (non-hydrogen) atoms. The highest BCUT2D eigenvalue weighted by Crippen LogP contribution is 2.40. The van der Waals surface area contributed by atoms with Gasteiger partial charge in [0.2, 0.25) is 5.78 Å². The van der Waals surface area contributed by atoms with Crippen LogP contribution in [0, 0.1) is 24.2 Å². The molecule has 1 saturated carbocycles. The van der Waals surface area contributed by atoms with Gasteiger partial charge in [0.25, 0.3) is 0 Å². The zero-order valence-electron chi connectivity index (χ0n) is 6.49. The van der Waals surface area contributed by atoms with E-state index in [1.807, 2.05) is 0 Å². The van der Waals surface area contributed by atoms with Crippen LogP contribution in [-0.2, 0) is 0 Å². The minimum Gasteiger partial charge on any atom is -0.461 e. The van der Waals surface area contributed by atoms with Gasteiger partial charge in [0.05, 0.1) is 6.26 Å². The molecule has 0 unspecified atom stereocenters. The number of hydrogen-bond acceptors (Lipinski definition) is 2. The summed E-state index contributed by atoms with van der Waals surface area (Å²) < 4.78 is 4.97. The molecule has 1 heterocycles. The molecule has 2 nitrogen and oxygen atoms in total. The first kappa shape index (κ1) is 7.17. The summed E-state index contributed by atoms with van der Waals surface area (Å²) in [6.45, 7) is 0. The second-order valence-corrected chi connectivity index (χ2v) is 2.96. The predicted octanol–water partition coefficient (Wildman–Crippen LogP) is 1.73. The number of terminal acetylenes is 1. The topological polar surface area (TPSA) is 30.2 Å². The third-order valence-corrected chi connectivity index (χ3v) is 2.11. The van der Waals surface area contributed by atoms with E-state index in [0.717, 1.165) is 6.42 Å². The number of carbonyl (C=O) groups is 1. The Morgan fingerprint density at radius 2 is 2.58 bits per heavy atom. The summed E-state index contributed by atoms with van der Waals surface area (Å²) in [4.78, 5) is 11.4. The van der Waals surface area contributed by atoms with Crippen molar-refractivity contribution < 1.29 is 9.21 Å². The first-order valence-corrected chi connectivity index (χ1v) is 3.87. The summed E-state index contributed by atoms with van der Waals surface area (Å²) in [7, 11) is 0. The fraction of sp³-hybridized carbons (Fsp3) is 0.300. The van der Waals surface area contributed by atoms with E-state index < -0.39 is 0 Å². The summed E-state index contributed by atoms with van der Waals surface area (Å²) in [5, 5.41) is 0. The van der Waals surface area contributed by atoms with Crippen LogP contribution in [0.4, 0.5) is 0 Å². The Balaban J connectivity index is 2.10. The van der Waals surface area contributed by atoms with Crippen molar-refractivity contribution in [1.82, 2.24) is 0 Å². The molecule has 1 aromatic heterocycles. The van der Waals surface area contributed by atoms with Gasteiger partial charge in [0.15, 0.2) is 5.76 Å². The molecule has 0 amide bonds. The van der Waals surface area contributed by atoms with Gasteiger partial charge in [-0.15, -0.1) is 12.3 Å². The Morgan fingerprint density at radius 3 is 3.08 bits per heavy atom. The van der Waals surface area contributed by atoms with Crippen molar-refractivity contribution in [3.05, 3.63) is 24.2 Å². The fourth-order valence-corrected chi connectivity index (χ4v) is 1.27. The van der Waals surface area contributed by atoms with E-state index in [1.54, 1.807) is 12.1 Å². The maximum Gasteiger partial charge on any atom is 0.202 e. The van der Waals surface area contributed by atoms with Crippen LogP contribution < -0.4 is 0 Å². The summed E-state index contributed by atoms with van der Waals surface area (Å²) in [5.74, 6) is 3.20. The van der Waals surface area contributed by atoms with Crippen LogP contribution in [-0.4, -0.2) is 5.78 Å². The van der Waals surface area contributed by atoms with E-state index in [0.29, 0.717) is 5.76 Å². The summed E-state index contributed by atoms with van der Waals surface area (Å²) in [5.41, 5.74) is 0. The first-order chi connectivity index (χ1) is 5.83. The zero-order valence-corrected chi connectivity index (χ0v) is 6.49. The number of ketones is 1. The molecule has 0 N–H and O–H groups in total. The highest BCUT2D eigenvalue weighted by atomic mass is 16.3. The number of furan rings is 1. The van der Waals surface area contributed by atoms with Crippen molar-refractivity contribution in [2.24, 2.45) is 11.8 Å². The van der Waals surface area contributed by atoms with E-state index in [2.05, 4.69) is 5.92 Å². The molecular weight excluding hydrogens is 152 g/mol. The normalized spacial score (nSPS) is 26.2. The molecule has 1 fully saturated rings. The fourth-order valence-electron chi connectivity index (χ4n) is 1.27. The van der Waals surface area contributed by atoms with Crippen LogP contribution in [0.25, 0.3) is 0 Å². The summed E-state index contributed by atoms with van der Waals surface area (Å²) in [6.07, 6.45) is 7.50. The smallest absolute Gasteiger partial charge is 0.202 e. The minimum atomic E-state index is 0.0150. The third kappa shape index (κ3) is 1.04. The molecule has 0 bridgehead atoms. The number of hydrogen-bond donors (Lipinski definition) is 0. The molecule has 0 saturated heterocycles. The maximum atomic E-state index is 11.4. The van der Waals surface area contributed by atoms with Crippen molar-refractivity contribution in [2.75, 3.05) is 0 Å². The second kappa shape index (κ2) is 2.53. The quantitative estimate of drug-likeness (QED) is 0.487. The molecule has 0 radical (unpaired) electrons. The van der Waals surface area contributed by atoms with Crippen molar-refractivity contribution in [1.29, 1.82) is 0 Å². The summed E-state index contributed by atoms with van der Waals surface area (Å²) >= 11 is 0. The number of carbonyl (C=O) groups excluding carboxylic acids is 1. The zero-order chi connectivity index (χ0) is 8.55. The number of Topliss-reactive ketones (excluding diaryl/α,β-unsaturated/α-hetero) is 1. The van der Waals surface area contributed by atoms with Crippen LogP contribution in [0.1, 0.15) is 17.0 Å². The lowest BCUT2D eigenvalue weighted by molar-refractivity contribution is 0.0937. The van der Waals surface area contributed by atoms with Gasteiger partial charge in [-0.3, -0.25) is 4.79 Å². The van der Waals surface area contributed by atoms with Crippen molar-refractivity contribution >= 4 is 5.78 Å². The van der Waals surface area contributed by atoms with Gasteiger partial charge in [-0.05, 0) is 18.6 Å². The van der Waals surface area contributed by atoms with E-state index in [9.17, 15) is 4.79 Å². The van der Waals surface area contributed by atoms with E-state index in [-0.39, 0.29) is 17.6 Å². The van der Waals surface area contributed by atoms with Crippen LogP contribution in [0.15, 0.2) is 22.8 Å². The Kier molecular flexibility index (Phi) is 1.51. The van der Waals surface area contributed by atoms with Gasteiger partial charge in [-0.25, -0.2) is 0 Å². The van der Waals surface area contributed by atoms with E-state index in [4.69, 9.17) is 10.8 Å². The van der Waals surface area contributed by atoms with E-state index in [1.165, 1.54) is 6.26 Å². The highest BCUT2D eigenvalue weighted by molar-refractivity contribution is 5.97. The molecule has 0 aromatic carbocycles. The van der Waals surface area contributed by atoms with Gasteiger partial charge >= 0.3 is 0 Å². The molecule has 2 atom stereocenters. The van der Waals surface area contributed by atoms with Gasteiger partial charge in [-0.1, -0.05) is 0 Å². The van der Waals surface area contributed by atoms with Crippen molar-refractivity contribution in [2.45, 2.75) is 6.42 Å². The lowest BCUT2D eigenvalue weighted by Crippen LogP contribution is -2.00. The lowest BCUT2D eigenvalue weighted by atomic mass is 10.2. The van der Waals surface area contributed by atoms with Gasteiger partial charge in [0, 0.05) is 11.8 Å².